The summed E-state index contributed by atoms with van der Waals surface area (Å²) in [6, 6.07) is 5.96. The minimum Gasteiger partial charge on any atom is -0.337 e. The lowest BCUT2D eigenvalue weighted by Crippen LogP contribution is -2.42. The lowest BCUT2D eigenvalue weighted by atomic mass is 10.0. The number of benzene rings is 1. The van der Waals surface area contributed by atoms with E-state index in [1.807, 2.05) is 0 Å². The zero-order valence-electron chi connectivity index (χ0n) is 10.2. The molecular weight excluding hydrogens is 290 g/mol. The Morgan fingerprint density at radius 2 is 1.95 bits per heavy atom. The summed E-state index contributed by atoms with van der Waals surface area (Å²) in [5.41, 5.74) is 0.805. The number of likely N-dealkylation sites (tertiary alicyclic amines) is 1. The lowest BCUT2D eigenvalue weighted by molar-refractivity contribution is -0.127. The van der Waals surface area contributed by atoms with Gasteiger partial charge in [-0.3, -0.25) is 4.79 Å². The van der Waals surface area contributed by atoms with Gasteiger partial charge in [-0.05, 0) is 17.7 Å². The summed E-state index contributed by atoms with van der Waals surface area (Å²) in [6.45, 7) is 0. The summed E-state index contributed by atoms with van der Waals surface area (Å²) in [6.07, 6.45) is 0.0836. The zero-order chi connectivity index (χ0) is 14.2. The minimum absolute atomic E-state index is 0.0836. The third-order valence-electron chi connectivity index (χ3n) is 3.11. The fraction of sp³-hybridized carbons (Fsp3) is 0.364. The first-order chi connectivity index (χ1) is 8.78. The number of likely N-dealkylation sites (N-methyl/N-ethyl adjacent to an activating group) is 1. The molecule has 0 bridgehead atoms. The third kappa shape index (κ3) is 3.24. The molecule has 1 aromatic rings. The highest BCUT2D eigenvalue weighted by Gasteiger charge is 2.39. The standard InChI is InChI=1S/C11H14ClN3O3S/c1-15-10(16)6-9(14-19(13,17)18)11(15)7-2-4-8(12)5-3-7/h2-5,9,11,14H,6H2,1H3,(H2,13,17,18)/t9-,11+/m0/s1. The Hall–Kier alpha value is -1.15. The summed E-state index contributed by atoms with van der Waals surface area (Å²) >= 11 is 5.81. The molecule has 2 rings (SSSR count). The summed E-state index contributed by atoms with van der Waals surface area (Å²) in [5.74, 6) is -0.138. The molecule has 0 aromatic heterocycles. The van der Waals surface area contributed by atoms with E-state index in [4.69, 9.17) is 16.7 Å². The van der Waals surface area contributed by atoms with Crippen LogP contribution in [-0.4, -0.2) is 32.3 Å². The number of amides is 1. The van der Waals surface area contributed by atoms with Gasteiger partial charge in [0.25, 0.3) is 10.2 Å². The van der Waals surface area contributed by atoms with Crippen molar-refractivity contribution in [2.45, 2.75) is 18.5 Å². The molecule has 1 aromatic carbocycles. The normalized spacial score (nSPS) is 23.9. The van der Waals surface area contributed by atoms with Crippen LogP contribution < -0.4 is 9.86 Å². The van der Waals surface area contributed by atoms with Crippen LogP contribution in [0.25, 0.3) is 0 Å². The van der Waals surface area contributed by atoms with Crippen LogP contribution in [0.1, 0.15) is 18.0 Å². The molecule has 2 atom stereocenters. The van der Waals surface area contributed by atoms with Crippen LogP contribution in [0.2, 0.25) is 5.02 Å². The van der Waals surface area contributed by atoms with Gasteiger partial charge in [0.2, 0.25) is 5.91 Å². The largest absolute Gasteiger partial charge is 0.337 e. The Bertz CT molecular complexity index is 588. The summed E-state index contributed by atoms with van der Waals surface area (Å²) in [7, 11) is -2.23. The average Bonchev–Trinajstić information content (AvgIpc) is 2.54. The predicted octanol–water partition coefficient (Wildman–Crippen LogP) is 0.405. The highest BCUT2D eigenvalue weighted by molar-refractivity contribution is 7.87. The Kier molecular flexibility index (Phi) is 3.82. The molecule has 8 heteroatoms. The van der Waals surface area contributed by atoms with E-state index in [1.54, 1.807) is 31.3 Å². The molecule has 1 amide bonds. The van der Waals surface area contributed by atoms with Crippen molar-refractivity contribution >= 4 is 27.7 Å². The molecule has 0 spiro atoms. The molecule has 6 nitrogen and oxygen atoms in total. The van der Waals surface area contributed by atoms with Gasteiger partial charge in [0.15, 0.2) is 0 Å². The van der Waals surface area contributed by atoms with E-state index in [9.17, 15) is 13.2 Å². The van der Waals surface area contributed by atoms with Gasteiger partial charge in [-0.15, -0.1) is 0 Å². The van der Waals surface area contributed by atoms with E-state index < -0.39 is 16.3 Å². The molecule has 1 aliphatic heterocycles. The molecule has 1 aliphatic rings. The van der Waals surface area contributed by atoms with Gasteiger partial charge >= 0.3 is 0 Å². The first kappa shape index (κ1) is 14.3. The molecule has 1 fully saturated rings. The molecule has 1 saturated heterocycles. The number of nitrogens with zero attached hydrogens (tertiary/aromatic N) is 1. The number of carbonyl (C=O) groups is 1. The van der Waals surface area contributed by atoms with Gasteiger partial charge in [-0.1, -0.05) is 23.7 Å². The zero-order valence-corrected chi connectivity index (χ0v) is 11.8. The number of rotatable bonds is 3. The summed E-state index contributed by atoms with van der Waals surface area (Å²) in [4.78, 5) is 13.3. The number of hydrogen-bond donors (Lipinski definition) is 2. The third-order valence-corrected chi connectivity index (χ3v) is 4.00. The second-order valence-electron chi connectivity index (χ2n) is 4.47. The minimum atomic E-state index is -3.86. The van der Waals surface area contributed by atoms with Gasteiger partial charge in [-0.2, -0.15) is 13.1 Å². The van der Waals surface area contributed by atoms with Gasteiger partial charge < -0.3 is 4.90 Å². The summed E-state index contributed by atoms with van der Waals surface area (Å²) < 4.78 is 24.6. The predicted molar refractivity (Wildman–Crippen MR) is 71.6 cm³/mol. The van der Waals surface area contributed by atoms with Crippen molar-refractivity contribution in [3.63, 3.8) is 0 Å². The van der Waals surface area contributed by atoms with Gasteiger partial charge in [-0.25, -0.2) is 5.14 Å². The van der Waals surface area contributed by atoms with Crippen LogP contribution in [0, 0.1) is 0 Å². The van der Waals surface area contributed by atoms with E-state index in [-0.39, 0.29) is 18.4 Å². The van der Waals surface area contributed by atoms with Gasteiger partial charge in [0.1, 0.15) is 0 Å². The monoisotopic (exact) mass is 303 g/mol. The van der Waals surface area contributed by atoms with Gasteiger partial charge in [0, 0.05) is 18.5 Å². The topological polar surface area (TPSA) is 92.5 Å². The van der Waals surface area contributed by atoms with Crippen LogP contribution >= 0.6 is 11.6 Å². The molecule has 0 aliphatic carbocycles. The summed E-state index contributed by atoms with van der Waals surface area (Å²) in [5, 5.41) is 5.56. The Morgan fingerprint density at radius 1 is 1.37 bits per heavy atom. The molecule has 0 saturated carbocycles. The van der Waals surface area contributed by atoms with Crippen LogP contribution in [0.3, 0.4) is 0 Å². The fourth-order valence-corrected chi connectivity index (χ4v) is 3.06. The first-order valence-electron chi connectivity index (χ1n) is 5.59. The van der Waals surface area contributed by atoms with Crippen molar-refractivity contribution in [1.82, 2.24) is 9.62 Å². The van der Waals surface area contributed by atoms with E-state index in [2.05, 4.69) is 4.72 Å². The number of hydrogen-bond acceptors (Lipinski definition) is 3. The molecule has 3 N–H and O–H groups in total. The fourth-order valence-electron chi connectivity index (χ4n) is 2.30. The van der Waals surface area contributed by atoms with Crippen LogP contribution in [0.4, 0.5) is 0 Å². The highest BCUT2D eigenvalue weighted by Crippen LogP contribution is 2.32. The Labute approximate surface area is 116 Å². The van der Waals surface area contributed by atoms with Crippen molar-refractivity contribution in [3.8, 4) is 0 Å². The second kappa shape index (κ2) is 5.09. The van der Waals surface area contributed by atoms with E-state index in [0.717, 1.165) is 5.56 Å². The number of nitrogens with two attached hydrogens (primary N) is 1. The van der Waals surface area contributed by atoms with E-state index >= 15 is 0 Å². The van der Waals surface area contributed by atoms with E-state index in [0.29, 0.717) is 5.02 Å². The number of carbonyl (C=O) groups excluding carboxylic acids is 1. The maximum atomic E-state index is 11.7. The molecular formula is C11H14ClN3O3S. The average molecular weight is 304 g/mol. The Balaban J connectivity index is 2.33. The van der Waals surface area contributed by atoms with Crippen molar-refractivity contribution < 1.29 is 13.2 Å². The van der Waals surface area contributed by atoms with Crippen molar-refractivity contribution in [1.29, 1.82) is 0 Å². The van der Waals surface area contributed by atoms with Crippen LogP contribution in [-0.2, 0) is 15.0 Å². The maximum absolute atomic E-state index is 11.7. The van der Waals surface area contributed by atoms with Crippen molar-refractivity contribution in [2.75, 3.05) is 7.05 Å². The first-order valence-corrected chi connectivity index (χ1v) is 7.51. The molecule has 0 unspecified atom stereocenters. The van der Waals surface area contributed by atoms with Crippen molar-refractivity contribution in [3.05, 3.63) is 34.9 Å². The maximum Gasteiger partial charge on any atom is 0.274 e. The highest BCUT2D eigenvalue weighted by atomic mass is 35.5. The molecule has 0 radical (unpaired) electrons. The molecule has 1 heterocycles. The quantitative estimate of drug-likeness (QED) is 0.847. The van der Waals surface area contributed by atoms with Crippen LogP contribution in [0.5, 0.6) is 0 Å². The number of halogens is 1. The SMILES string of the molecule is CN1C(=O)C[C@H](NS(N)(=O)=O)[C@H]1c1ccc(Cl)cc1. The molecule has 104 valence electrons. The van der Waals surface area contributed by atoms with Gasteiger partial charge in [0.05, 0.1) is 12.1 Å². The Morgan fingerprint density at radius 3 is 2.47 bits per heavy atom. The lowest BCUT2D eigenvalue weighted by Gasteiger charge is -2.25. The second-order valence-corrected chi connectivity index (χ2v) is 6.24. The van der Waals surface area contributed by atoms with Crippen molar-refractivity contribution in [2.24, 2.45) is 5.14 Å². The smallest absolute Gasteiger partial charge is 0.274 e. The van der Waals surface area contributed by atoms with Crippen LogP contribution in [0.15, 0.2) is 24.3 Å². The van der Waals surface area contributed by atoms with E-state index in [1.165, 1.54) is 4.90 Å². The molecule has 19 heavy (non-hydrogen) atoms. The number of nitrogens with one attached hydrogen (secondary N) is 1.